The second kappa shape index (κ2) is 7.66. The van der Waals surface area contributed by atoms with Crippen LogP contribution >= 0.6 is 28.3 Å². The van der Waals surface area contributed by atoms with Crippen molar-refractivity contribution in [3.8, 4) is 5.75 Å². The van der Waals surface area contributed by atoms with E-state index >= 15 is 0 Å². The van der Waals surface area contributed by atoms with Crippen LogP contribution < -0.4 is 15.4 Å². The lowest BCUT2D eigenvalue weighted by molar-refractivity contribution is -0.117. The fourth-order valence-electron chi connectivity index (χ4n) is 3.55. The molecule has 3 rings (SSSR count). The summed E-state index contributed by atoms with van der Waals surface area (Å²) >= 11 is 3.41. The Hall–Kier alpha value is -0.780. The number of anilines is 1. The number of piperidine rings is 1. The fraction of sp³-hybridized carbons (Fsp3) is 0.562. The number of hydrogen-bond donors (Lipinski definition) is 2. The topological polar surface area (TPSA) is 50.4 Å². The van der Waals surface area contributed by atoms with Gasteiger partial charge in [-0.1, -0.05) is 0 Å². The second-order valence-electron chi connectivity index (χ2n) is 6.08. The smallest absolute Gasteiger partial charge is 0.224 e. The number of methoxy groups -OCH3 is 1. The number of carbonyl (C=O) groups is 1. The molecule has 0 radical (unpaired) electrons. The van der Waals surface area contributed by atoms with Gasteiger partial charge in [-0.25, -0.2) is 0 Å². The van der Waals surface area contributed by atoms with Gasteiger partial charge in [0, 0.05) is 30.3 Å². The van der Waals surface area contributed by atoms with Crippen LogP contribution in [0.5, 0.6) is 5.75 Å². The van der Waals surface area contributed by atoms with Crippen molar-refractivity contribution in [1.29, 1.82) is 0 Å². The average Bonchev–Trinajstić information content (AvgIpc) is 2.80. The number of ether oxygens (including phenoxy) is 1. The van der Waals surface area contributed by atoms with Gasteiger partial charge in [0.25, 0.3) is 0 Å². The molecular weight excluding hydrogens is 368 g/mol. The van der Waals surface area contributed by atoms with Gasteiger partial charge in [0.1, 0.15) is 5.75 Å². The molecule has 2 aliphatic heterocycles. The summed E-state index contributed by atoms with van der Waals surface area (Å²) in [4.78, 5) is 12.2. The van der Waals surface area contributed by atoms with Gasteiger partial charge >= 0.3 is 0 Å². The standard InChI is InChI=1S/C16H21BrN2O2.ClH/c1-21-15-9-13(4-5-14(15)17)19-16(20)8-10-6-11-2-3-12(7-10)18-11;/h4-5,9-12,18H,2-3,6-8H2,1H3,(H,19,20);1H. The highest BCUT2D eigenvalue weighted by Crippen LogP contribution is 2.33. The van der Waals surface area contributed by atoms with Crippen molar-refractivity contribution < 1.29 is 9.53 Å². The van der Waals surface area contributed by atoms with Crippen LogP contribution in [0, 0.1) is 5.92 Å². The van der Waals surface area contributed by atoms with Crippen molar-refractivity contribution in [3.63, 3.8) is 0 Å². The number of carbonyl (C=O) groups excluding carboxylic acids is 1. The molecule has 22 heavy (non-hydrogen) atoms. The number of halogens is 2. The van der Waals surface area contributed by atoms with Crippen LogP contribution in [0.1, 0.15) is 32.1 Å². The van der Waals surface area contributed by atoms with E-state index in [1.54, 1.807) is 7.11 Å². The van der Waals surface area contributed by atoms with Gasteiger partial charge in [-0.15, -0.1) is 12.4 Å². The zero-order chi connectivity index (χ0) is 14.8. The van der Waals surface area contributed by atoms with Gasteiger partial charge in [0.2, 0.25) is 5.91 Å². The largest absolute Gasteiger partial charge is 0.495 e. The Morgan fingerprint density at radius 3 is 2.68 bits per heavy atom. The lowest BCUT2D eigenvalue weighted by atomic mass is 9.89. The molecule has 0 saturated carbocycles. The third kappa shape index (κ3) is 4.15. The van der Waals surface area contributed by atoms with Crippen LogP contribution in [-0.4, -0.2) is 25.1 Å². The molecule has 0 spiro atoms. The first kappa shape index (κ1) is 17.6. The lowest BCUT2D eigenvalue weighted by Gasteiger charge is -2.28. The van der Waals surface area contributed by atoms with Crippen molar-refractivity contribution in [2.24, 2.45) is 5.92 Å². The Morgan fingerprint density at radius 2 is 2.05 bits per heavy atom. The average molecular weight is 390 g/mol. The highest BCUT2D eigenvalue weighted by Gasteiger charge is 2.34. The molecule has 1 amide bonds. The van der Waals surface area contributed by atoms with E-state index in [1.807, 2.05) is 18.2 Å². The van der Waals surface area contributed by atoms with Gasteiger partial charge in [-0.05, 0) is 59.7 Å². The first-order valence-electron chi connectivity index (χ1n) is 7.53. The zero-order valence-corrected chi connectivity index (χ0v) is 15.0. The zero-order valence-electron chi connectivity index (χ0n) is 12.6. The first-order chi connectivity index (χ1) is 10.1. The molecule has 1 aromatic rings. The van der Waals surface area contributed by atoms with Crippen molar-refractivity contribution in [2.45, 2.75) is 44.2 Å². The molecule has 0 aliphatic carbocycles. The summed E-state index contributed by atoms with van der Waals surface area (Å²) in [6.07, 6.45) is 5.42. The van der Waals surface area contributed by atoms with E-state index in [4.69, 9.17) is 4.74 Å². The van der Waals surface area contributed by atoms with E-state index in [0.29, 0.717) is 24.4 Å². The molecule has 2 bridgehead atoms. The van der Waals surface area contributed by atoms with E-state index in [9.17, 15) is 4.79 Å². The fourth-order valence-corrected chi connectivity index (χ4v) is 3.96. The van der Waals surface area contributed by atoms with Crippen LogP contribution in [0.3, 0.4) is 0 Å². The monoisotopic (exact) mass is 388 g/mol. The van der Waals surface area contributed by atoms with Crippen LogP contribution in [-0.2, 0) is 4.79 Å². The Morgan fingerprint density at radius 1 is 1.36 bits per heavy atom. The first-order valence-corrected chi connectivity index (χ1v) is 8.33. The van der Waals surface area contributed by atoms with Gasteiger partial charge in [-0.2, -0.15) is 0 Å². The highest BCUT2D eigenvalue weighted by molar-refractivity contribution is 9.10. The Bertz CT molecular complexity index is 529. The molecule has 2 fully saturated rings. The van der Waals surface area contributed by atoms with Crippen molar-refractivity contribution in [1.82, 2.24) is 5.32 Å². The summed E-state index contributed by atoms with van der Waals surface area (Å²) < 4.78 is 6.13. The molecule has 2 saturated heterocycles. The minimum atomic E-state index is 0. The molecule has 2 heterocycles. The number of amides is 1. The summed E-state index contributed by atoms with van der Waals surface area (Å²) in [5.74, 6) is 1.35. The molecule has 6 heteroatoms. The third-order valence-corrected chi connectivity index (χ3v) is 5.13. The maximum Gasteiger partial charge on any atom is 0.224 e. The third-order valence-electron chi connectivity index (χ3n) is 4.48. The molecule has 4 nitrogen and oxygen atoms in total. The van der Waals surface area contributed by atoms with E-state index < -0.39 is 0 Å². The maximum absolute atomic E-state index is 12.2. The number of fused-ring (bicyclic) bond motifs is 2. The van der Waals surface area contributed by atoms with Gasteiger partial charge in [0.15, 0.2) is 0 Å². The van der Waals surface area contributed by atoms with Crippen LogP contribution in [0.2, 0.25) is 0 Å². The normalized spacial score (nSPS) is 26.2. The van der Waals surface area contributed by atoms with Gasteiger partial charge in [0.05, 0.1) is 11.6 Å². The minimum Gasteiger partial charge on any atom is -0.495 e. The molecule has 2 N–H and O–H groups in total. The molecule has 0 aromatic heterocycles. The molecule has 2 atom stereocenters. The number of nitrogens with one attached hydrogen (secondary N) is 2. The number of rotatable bonds is 4. The van der Waals surface area contributed by atoms with Crippen molar-refractivity contribution in [2.75, 3.05) is 12.4 Å². The quantitative estimate of drug-likeness (QED) is 0.825. The summed E-state index contributed by atoms with van der Waals surface area (Å²) in [6.45, 7) is 0. The van der Waals surface area contributed by atoms with Gasteiger partial charge in [-0.3, -0.25) is 4.79 Å². The number of hydrogen-bond acceptors (Lipinski definition) is 3. The summed E-state index contributed by atoms with van der Waals surface area (Å²) in [5.41, 5.74) is 0.789. The van der Waals surface area contributed by atoms with E-state index in [-0.39, 0.29) is 18.3 Å². The summed E-state index contributed by atoms with van der Waals surface area (Å²) in [5, 5.41) is 6.59. The molecule has 2 unspecified atom stereocenters. The lowest BCUT2D eigenvalue weighted by Crippen LogP contribution is -2.39. The predicted molar refractivity (Wildman–Crippen MR) is 93.9 cm³/mol. The molecule has 122 valence electrons. The summed E-state index contributed by atoms with van der Waals surface area (Å²) in [7, 11) is 1.62. The van der Waals surface area contributed by atoms with Crippen LogP contribution in [0.25, 0.3) is 0 Å². The maximum atomic E-state index is 12.2. The Balaban J connectivity index is 0.00000176. The van der Waals surface area contributed by atoms with E-state index in [1.165, 1.54) is 12.8 Å². The van der Waals surface area contributed by atoms with Crippen LogP contribution in [0.15, 0.2) is 22.7 Å². The molecule has 2 aliphatic rings. The summed E-state index contributed by atoms with van der Waals surface area (Å²) in [6, 6.07) is 6.88. The number of benzene rings is 1. The molecule has 1 aromatic carbocycles. The Labute approximate surface area is 145 Å². The van der Waals surface area contributed by atoms with Crippen molar-refractivity contribution in [3.05, 3.63) is 22.7 Å². The van der Waals surface area contributed by atoms with E-state index in [2.05, 4.69) is 26.6 Å². The van der Waals surface area contributed by atoms with Gasteiger partial charge < -0.3 is 15.4 Å². The second-order valence-corrected chi connectivity index (χ2v) is 6.93. The molecular formula is C16H22BrClN2O2. The van der Waals surface area contributed by atoms with Crippen LogP contribution in [0.4, 0.5) is 5.69 Å². The predicted octanol–water partition coefficient (Wildman–Crippen LogP) is 3.74. The van der Waals surface area contributed by atoms with Crippen molar-refractivity contribution >= 4 is 39.9 Å². The highest BCUT2D eigenvalue weighted by atomic mass is 79.9. The van der Waals surface area contributed by atoms with E-state index in [0.717, 1.165) is 28.8 Å². The Kier molecular flexibility index (Phi) is 6.12. The minimum absolute atomic E-state index is 0. The SMILES string of the molecule is COc1cc(NC(=O)CC2CC3CCC(C2)N3)ccc1Br.Cl.